The van der Waals surface area contributed by atoms with Crippen LogP contribution in [0.5, 0.6) is 0 Å². The second-order valence-electron chi connectivity index (χ2n) is 4.39. The smallest absolute Gasteiger partial charge is 0.351 e. The molecule has 1 saturated heterocycles. The molecule has 1 aliphatic heterocycles. The molecule has 1 aromatic rings. The van der Waals surface area contributed by atoms with Gasteiger partial charge in [-0.25, -0.2) is 9.18 Å². The maximum Gasteiger partial charge on any atom is 0.351 e. The molecule has 1 fully saturated rings. The number of nitrogens with zero attached hydrogens (tertiary/aromatic N) is 2. The van der Waals surface area contributed by atoms with Crippen LogP contribution in [-0.2, 0) is 4.74 Å². The van der Waals surface area contributed by atoms with Gasteiger partial charge in [0.2, 0.25) is 6.23 Å². The second kappa shape index (κ2) is 5.47. The zero-order valence-corrected chi connectivity index (χ0v) is 10.5. The third kappa shape index (κ3) is 2.52. The number of aliphatic hydroxyl groups excluding tert-OH is 2. The van der Waals surface area contributed by atoms with Crippen LogP contribution in [0.2, 0.25) is 0 Å². The van der Waals surface area contributed by atoms with Crippen LogP contribution in [0.4, 0.5) is 19.0 Å². The first-order valence-electron chi connectivity index (χ1n) is 5.80. The van der Waals surface area contributed by atoms with E-state index in [2.05, 4.69) is 4.98 Å². The Hall–Kier alpha value is -1.91. The van der Waals surface area contributed by atoms with Crippen molar-refractivity contribution < 1.29 is 28.1 Å². The van der Waals surface area contributed by atoms with E-state index in [1.165, 1.54) is 0 Å². The van der Waals surface area contributed by atoms with Gasteiger partial charge in [0.25, 0.3) is 0 Å². The van der Waals surface area contributed by atoms with Gasteiger partial charge in [-0.3, -0.25) is 4.57 Å². The summed E-state index contributed by atoms with van der Waals surface area (Å²) < 4.78 is 45.2. The van der Waals surface area contributed by atoms with Gasteiger partial charge in [-0.1, -0.05) is 0 Å². The molecule has 0 saturated carbocycles. The molecule has 1 aromatic heterocycles. The van der Waals surface area contributed by atoms with E-state index in [0.29, 0.717) is 4.57 Å². The zero-order chi connectivity index (χ0) is 15.8. The summed E-state index contributed by atoms with van der Waals surface area (Å²) in [5.41, 5.74) is 4.10. The summed E-state index contributed by atoms with van der Waals surface area (Å²) in [7, 11) is 0. The van der Waals surface area contributed by atoms with E-state index >= 15 is 0 Å². The van der Waals surface area contributed by atoms with Crippen molar-refractivity contribution in [3.63, 3.8) is 0 Å². The molecule has 3 atom stereocenters. The van der Waals surface area contributed by atoms with Gasteiger partial charge in [-0.15, -0.1) is 0 Å². The summed E-state index contributed by atoms with van der Waals surface area (Å²) in [6.07, 6.45) is -4.28. The van der Waals surface area contributed by atoms with Crippen LogP contribution in [0.15, 0.2) is 17.3 Å². The minimum atomic E-state index is -3.84. The first-order chi connectivity index (χ1) is 9.82. The highest BCUT2D eigenvalue weighted by Crippen LogP contribution is 2.42. The van der Waals surface area contributed by atoms with Crippen molar-refractivity contribution >= 4 is 11.9 Å². The van der Waals surface area contributed by atoms with Gasteiger partial charge in [0, 0.05) is 11.8 Å². The van der Waals surface area contributed by atoms with Crippen molar-refractivity contribution in [3.05, 3.63) is 28.6 Å². The monoisotopic (exact) mass is 307 g/mol. The van der Waals surface area contributed by atoms with Crippen molar-refractivity contribution in [2.45, 2.75) is 24.4 Å². The molecule has 0 radical (unpaired) electrons. The van der Waals surface area contributed by atoms with E-state index in [1.807, 2.05) is 0 Å². The molecule has 2 heterocycles. The van der Waals surface area contributed by atoms with E-state index in [0.717, 1.165) is 12.3 Å². The fraction of sp³-hybridized carbons (Fsp3) is 0.455. The summed E-state index contributed by atoms with van der Waals surface area (Å²) in [5, 5.41) is 18.3. The molecule has 3 unspecified atom stereocenters. The third-order valence-electron chi connectivity index (χ3n) is 3.07. The Morgan fingerprint density at radius 2 is 2.24 bits per heavy atom. The Labute approximate surface area is 116 Å². The largest absolute Gasteiger partial charge is 0.394 e. The first-order valence-corrected chi connectivity index (χ1v) is 5.80. The van der Waals surface area contributed by atoms with Crippen LogP contribution >= 0.6 is 0 Å². The topological polar surface area (TPSA) is 111 Å². The van der Waals surface area contributed by atoms with Crippen molar-refractivity contribution in [1.82, 2.24) is 9.55 Å². The Balaban J connectivity index is 2.51. The lowest BCUT2D eigenvalue weighted by atomic mass is 10.1. The molecule has 0 aliphatic carbocycles. The molecule has 21 heavy (non-hydrogen) atoms. The number of hydrogen-bond acceptors (Lipinski definition) is 6. The van der Waals surface area contributed by atoms with Gasteiger partial charge < -0.3 is 20.7 Å². The van der Waals surface area contributed by atoms with Crippen molar-refractivity contribution in [2.24, 2.45) is 0 Å². The summed E-state index contributed by atoms with van der Waals surface area (Å²) in [4.78, 5) is 15.0. The number of hydrogen-bond donors (Lipinski definition) is 3. The lowest BCUT2D eigenvalue weighted by Crippen LogP contribution is -2.42. The van der Waals surface area contributed by atoms with Crippen LogP contribution in [0.1, 0.15) is 11.8 Å². The minimum Gasteiger partial charge on any atom is -0.394 e. The van der Waals surface area contributed by atoms with Crippen LogP contribution in [0.3, 0.4) is 0 Å². The number of halogens is 3. The maximum absolute atomic E-state index is 13.9. The van der Waals surface area contributed by atoms with Gasteiger partial charge in [0.15, 0.2) is 6.10 Å². The SMILES string of the molecule is Nc1nc(=O)n(C2OC(CO)C(O)C2(F)F)cc1C=CF. The molecule has 0 amide bonds. The quantitative estimate of drug-likeness (QED) is 0.704. The van der Waals surface area contributed by atoms with Gasteiger partial charge >= 0.3 is 11.6 Å². The molecular weight excluding hydrogens is 295 g/mol. The molecule has 2 rings (SSSR count). The normalized spacial score (nSPS) is 28.3. The average Bonchev–Trinajstić information content (AvgIpc) is 2.65. The Kier molecular flexibility index (Phi) is 4.03. The van der Waals surface area contributed by atoms with E-state index < -0.39 is 36.7 Å². The highest BCUT2D eigenvalue weighted by molar-refractivity contribution is 5.58. The number of anilines is 1. The molecule has 0 aromatic carbocycles. The van der Waals surface area contributed by atoms with E-state index in [9.17, 15) is 23.1 Å². The summed E-state index contributed by atoms with van der Waals surface area (Å²) in [5.74, 6) is -4.18. The zero-order valence-electron chi connectivity index (χ0n) is 10.5. The van der Waals surface area contributed by atoms with Crippen molar-refractivity contribution in [2.75, 3.05) is 12.3 Å². The summed E-state index contributed by atoms with van der Waals surface area (Å²) in [6.45, 7) is -0.859. The maximum atomic E-state index is 13.9. The number of alkyl halides is 2. The molecular formula is C11H12F3N3O4. The van der Waals surface area contributed by atoms with Crippen LogP contribution in [-0.4, -0.2) is 44.5 Å². The van der Waals surface area contributed by atoms with E-state index in [1.54, 1.807) is 0 Å². The summed E-state index contributed by atoms with van der Waals surface area (Å²) >= 11 is 0. The van der Waals surface area contributed by atoms with Gasteiger partial charge in [0.1, 0.15) is 11.9 Å². The minimum absolute atomic E-state index is 0.0984. The molecule has 7 nitrogen and oxygen atoms in total. The molecule has 0 spiro atoms. The molecule has 0 bridgehead atoms. The summed E-state index contributed by atoms with van der Waals surface area (Å²) in [6, 6.07) is 0. The number of rotatable bonds is 3. The Morgan fingerprint density at radius 3 is 2.76 bits per heavy atom. The highest BCUT2D eigenvalue weighted by Gasteiger charge is 2.59. The van der Waals surface area contributed by atoms with Crippen molar-refractivity contribution in [3.8, 4) is 0 Å². The predicted octanol–water partition coefficient (Wildman–Crippen LogP) is -0.348. The molecule has 4 N–H and O–H groups in total. The Morgan fingerprint density at radius 1 is 1.57 bits per heavy atom. The Bertz CT molecular complexity index is 619. The lowest BCUT2D eigenvalue weighted by Gasteiger charge is -2.21. The second-order valence-corrected chi connectivity index (χ2v) is 4.39. The van der Waals surface area contributed by atoms with E-state index in [-0.39, 0.29) is 17.7 Å². The number of aliphatic hydroxyl groups is 2. The highest BCUT2D eigenvalue weighted by atomic mass is 19.3. The number of nitrogen functional groups attached to an aromatic ring is 1. The molecule has 116 valence electrons. The van der Waals surface area contributed by atoms with Gasteiger partial charge in [-0.05, 0) is 6.08 Å². The van der Waals surface area contributed by atoms with Gasteiger partial charge in [-0.2, -0.15) is 13.8 Å². The average molecular weight is 307 g/mol. The number of ether oxygens (including phenoxy) is 1. The number of nitrogens with two attached hydrogens (primary N) is 1. The van der Waals surface area contributed by atoms with Gasteiger partial charge in [0.05, 0.1) is 12.9 Å². The fourth-order valence-corrected chi connectivity index (χ4v) is 1.98. The predicted molar refractivity (Wildman–Crippen MR) is 65.0 cm³/mol. The van der Waals surface area contributed by atoms with Crippen LogP contribution in [0, 0.1) is 0 Å². The van der Waals surface area contributed by atoms with E-state index in [4.69, 9.17) is 15.6 Å². The molecule has 1 aliphatic rings. The van der Waals surface area contributed by atoms with Crippen molar-refractivity contribution in [1.29, 1.82) is 0 Å². The third-order valence-corrected chi connectivity index (χ3v) is 3.07. The first kappa shape index (κ1) is 15.5. The fourth-order valence-electron chi connectivity index (χ4n) is 1.98. The lowest BCUT2D eigenvalue weighted by molar-refractivity contribution is -0.141. The van der Waals surface area contributed by atoms with Crippen LogP contribution < -0.4 is 11.4 Å². The standard InChI is InChI=1S/C11H12F3N3O4/c12-2-1-5-3-17(10(20)16-8(5)15)9-11(13,14)7(19)6(4-18)21-9/h1-3,6-7,9,18-19H,4H2,(H2,15,16,20). The van der Waals surface area contributed by atoms with Crippen LogP contribution in [0.25, 0.3) is 6.08 Å². The molecule has 10 heteroatoms. The number of aromatic nitrogens is 2.